The first-order chi connectivity index (χ1) is 46.0. The number of nitrogen functional groups attached to an aromatic ring is 2. The number of phenolic OH excluding ortho intramolecular Hbond substituents is 2. The van der Waals surface area contributed by atoms with Gasteiger partial charge in [0, 0.05) is 111 Å². The highest BCUT2D eigenvalue weighted by atomic mass is 16.5. The van der Waals surface area contributed by atoms with Gasteiger partial charge in [-0.05, 0) is 99.2 Å². The molecule has 500 valence electrons. The molecule has 2 unspecified atom stereocenters. The Morgan fingerprint density at radius 3 is 1.40 bits per heavy atom. The van der Waals surface area contributed by atoms with Crippen LogP contribution in [0.3, 0.4) is 0 Å². The molecular formula is C68H80N14O13. The van der Waals surface area contributed by atoms with E-state index < -0.39 is 29.9 Å². The van der Waals surface area contributed by atoms with Gasteiger partial charge in [0.25, 0.3) is 11.8 Å². The zero-order chi connectivity index (χ0) is 67.0. The van der Waals surface area contributed by atoms with Gasteiger partial charge in [-0.1, -0.05) is 62.1 Å². The fraction of sp³-hybridized carbons (Fsp3) is 0.412. The van der Waals surface area contributed by atoms with Crippen LogP contribution in [0.15, 0.2) is 97.1 Å². The molecule has 6 aliphatic rings. The molecule has 95 heavy (non-hydrogen) atoms. The molecule has 0 radical (unpaired) electrons. The number of unbranched alkanes of at least 4 members (excludes halogenated alkanes) is 6. The van der Waals surface area contributed by atoms with Gasteiger partial charge in [-0.2, -0.15) is 0 Å². The number of aromatic hydroxyl groups is 2. The van der Waals surface area contributed by atoms with Gasteiger partial charge < -0.3 is 66.1 Å². The van der Waals surface area contributed by atoms with Gasteiger partial charge in [-0.3, -0.25) is 49.0 Å². The largest absolute Gasteiger partial charge is 0.507 e. The van der Waals surface area contributed by atoms with Crippen molar-refractivity contribution < 1.29 is 63.1 Å². The number of aromatic nitrogens is 4. The van der Waals surface area contributed by atoms with E-state index >= 15 is 0 Å². The summed E-state index contributed by atoms with van der Waals surface area (Å²) in [6.45, 7) is 7.57. The lowest BCUT2D eigenvalue weighted by atomic mass is 10.0. The van der Waals surface area contributed by atoms with Crippen molar-refractivity contribution in [1.82, 2.24) is 51.0 Å². The van der Waals surface area contributed by atoms with E-state index in [1.54, 1.807) is 54.6 Å². The number of amides is 7. The van der Waals surface area contributed by atoms with Crippen LogP contribution in [0.5, 0.6) is 23.0 Å². The number of rotatable bonds is 22. The number of fused-ring (bicyclic) bond motifs is 2. The fourth-order valence-electron chi connectivity index (χ4n) is 12.4. The summed E-state index contributed by atoms with van der Waals surface area (Å²) in [7, 11) is 0. The van der Waals surface area contributed by atoms with Crippen molar-refractivity contribution in [3.63, 3.8) is 0 Å². The molecule has 12 rings (SSSR count). The Morgan fingerprint density at radius 2 is 0.947 bits per heavy atom. The monoisotopic (exact) mass is 1300 g/mol. The molecule has 2 atom stereocenters. The van der Waals surface area contributed by atoms with Gasteiger partial charge in [-0.15, -0.1) is 20.4 Å². The quantitative estimate of drug-likeness (QED) is 0.0304. The minimum absolute atomic E-state index is 0.123. The maximum Gasteiger partial charge on any atom is 0.303 e. The molecule has 2 aromatic heterocycles. The summed E-state index contributed by atoms with van der Waals surface area (Å²) in [6, 6.07) is 27.1. The number of para-hydroxylation sites is 2. The highest BCUT2D eigenvalue weighted by molar-refractivity contribution is 6.07. The zero-order valence-corrected chi connectivity index (χ0v) is 52.9. The minimum Gasteiger partial charge on any atom is -0.507 e. The lowest BCUT2D eigenvalue weighted by Crippen LogP contribution is -2.52. The molecule has 0 spiro atoms. The number of piperidine rings is 2. The summed E-state index contributed by atoms with van der Waals surface area (Å²) in [5, 5.41) is 53.0. The summed E-state index contributed by atoms with van der Waals surface area (Å²) in [6.07, 6.45) is 8.35. The summed E-state index contributed by atoms with van der Waals surface area (Å²) >= 11 is 0. The normalized spacial score (nSPS) is 17.6. The highest BCUT2D eigenvalue weighted by Crippen LogP contribution is 2.37. The maximum atomic E-state index is 13.0. The van der Waals surface area contributed by atoms with Gasteiger partial charge in [-0.25, -0.2) is 0 Å². The van der Waals surface area contributed by atoms with E-state index in [1.165, 1.54) is 9.80 Å². The second-order valence-corrected chi connectivity index (χ2v) is 23.9. The Morgan fingerprint density at radius 1 is 0.516 bits per heavy atom. The van der Waals surface area contributed by atoms with Crippen LogP contribution in [0.4, 0.5) is 23.0 Å². The number of anilines is 4. The van der Waals surface area contributed by atoms with Gasteiger partial charge in [0.1, 0.15) is 35.1 Å². The molecule has 4 saturated heterocycles. The molecular weight excluding hydrogens is 1220 g/mol. The molecule has 4 aromatic carbocycles. The number of hydrogen-bond acceptors (Lipinski definition) is 21. The zero-order valence-electron chi connectivity index (χ0n) is 52.9. The number of benzene rings is 4. The van der Waals surface area contributed by atoms with Gasteiger partial charge >= 0.3 is 5.97 Å². The van der Waals surface area contributed by atoms with Gasteiger partial charge in [0.15, 0.2) is 11.6 Å². The average Bonchev–Trinajstić information content (AvgIpc) is 1.82. The number of carbonyl (C=O) groups excluding carboxylic acids is 7. The Bertz CT molecular complexity index is 3800. The summed E-state index contributed by atoms with van der Waals surface area (Å²) in [5.74, 6) is -0.236. The number of hydrogen-bond donors (Lipinski definition) is 8. The van der Waals surface area contributed by atoms with Crippen molar-refractivity contribution in [3.05, 3.63) is 119 Å². The maximum absolute atomic E-state index is 13.0. The van der Waals surface area contributed by atoms with Crippen LogP contribution in [0.25, 0.3) is 22.5 Å². The first-order valence-corrected chi connectivity index (χ1v) is 32.3. The molecule has 0 bridgehead atoms. The van der Waals surface area contributed by atoms with Crippen LogP contribution in [0, 0.1) is 0 Å². The SMILES string of the molecule is Nc1nnc(-c2ccccc2O)cc1N1CCN(C(=O)CCCCCCOc2cccc3c2CN(C2CCC(=O)NC2=O)C3=O)CC1.Nc1nnc(-c2ccccc2O)cc1N1CCNCC1.O=C(O)CCCCCCOc1cccc2c1CN(C1CCC(=O)NC1=O)C2=O. The van der Waals surface area contributed by atoms with Gasteiger partial charge in [0.2, 0.25) is 29.5 Å². The number of carboxylic acid groups (broad SMARTS) is 1. The minimum atomic E-state index is -0.777. The molecule has 10 N–H and O–H groups in total. The second kappa shape index (κ2) is 31.9. The Balaban J connectivity index is 0.000000172. The van der Waals surface area contributed by atoms with E-state index in [2.05, 4.69) is 46.1 Å². The van der Waals surface area contributed by atoms with Gasteiger partial charge in [0.05, 0.1) is 49.1 Å². The number of imide groups is 2. The molecule has 27 heteroatoms. The van der Waals surface area contributed by atoms with E-state index in [4.69, 9.17) is 26.0 Å². The lowest BCUT2D eigenvalue weighted by Gasteiger charge is -2.36. The number of carboxylic acids is 1. The molecule has 4 fully saturated rings. The summed E-state index contributed by atoms with van der Waals surface area (Å²) < 4.78 is 11.9. The molecule has 7 amide bonds. The highest BCUT2D eigenvalue weighted by Gasteiger charge is 2.42. The number of phenols is 2. The molecule has 27 nitrogen and oxygen atoms in total. The van der Waals surface area contributed by atoms with Crippen LogP contribution >= 0.6 is 0 Å². The van der Waals surface area contributed by atoms with Crippen molar-refractivity contribution in [2.75, 3.05) is 86.8 Å². The number of carbonyl (C=O) groups is 8. The van der Waals surface area contributed by atoms with E-state index in [1.807, 2.05) is 47.4 Å². The predicted octanol–water partition coefficient (Wildman–Crippen LogP) is 5.57. The van der Waals surface area contributed by atoms with Crippen molar-refractivity contribution in [2.24, 2.45) is 0 Å². The summed E-state index contributed by atoms with van der Waals surface area (Å²) in [4.78, 5) is 106. The summed E-state index contributed by atoms with van der Waals surface area (Å²) in [5.41, 5.74) is 18.7. The number of aliphatic carboxylic acids is 1. The first-order valence-electron chi connectivity index (χ1n) is 32.3. The van der Waals surface area contributed by atoms with E-state index in [0.717, 1.165) is 93.6 Å². The van der Waals surface area contributed by atoms with Crippen LogP contribution in [0.2, 0.25) is 0 Å². The molecule has 6 aromatic rings. The third-order valence-corrected chi connectivity index (χ3v) is 17.6. The average molecular weight is 1300 g/mol. The van der Waals surface area contributed by atoms with E-state index in [9.17, 15) is 48.6 Å². The van der Waals surface area contributed by atoms with E-state index in [0.29, 0.717) is 122 Å². The number of nitrogens with two attached hydrogens (primary N) is 2. The van der Waals surface area contributed by atoms with Crippen LogP contribution in [0.1, 0.15) is 122 Å². The molecule has 8 heterocycles. The third-order valence-electron chi connectivity index (χ3n) is 17.6. The number of ether oxygens (including phenoxy) is 2. The number of piperazine rings is 2. The van der Waals surface area contributed by atoms with Crippen molar-refractivity contribution >= 4 is 70.3 Å². The van der Waals surface area contributed by atoms with E-state index in [-0.39, 0.29) is 73.4 Å². The van der Waals surface area contributed by atoms with Crippen molar-refractivity contribution in [1.29, 1.82) is 0 Å². The van der Waals surface area contributed by atoms with Crippen LogP contribution in [-0.4, -0.2) is 175 Å². The Labute approximate surface area is 549 Å². The molecule has 0 saturated carbocycles. The smallest absolute Gasteiger partial charge is 0.303 e. The third kappa shape index (κ3) is 16.9. The van der Waals surface area contributed by atoms with Crippen molar-refractivity contribution in [2.45, 2.75) is 115 Å². The standard InChI is InChI=1S/C34H39N7O6.C20H24N2O6.C14H17N5O/c35-32-27(20-25(37-38-32)23-8-4-5-10-28(23)42)39-15-17-40(18-16-39)31(44)12-3-1-2-6-19-47-29-11-7-9-22-24(29)21-41(34(22)46)26-13-14-30(43)36-33(26)45;23-17-10-9-15(19(26)21-17)22-12-14-13(20(22)27)6-5-7-16(14)28-11-4-2-1-3-8-18(24)25;15-14-12(19-7-5-16-6-8-19)9-11(17-18-14)10-3-1-2-4-13(10)20/h4-5,7-11,20,26,42H,1-3,6,12-19,21H2,(H2,35,38)(H,36,43,45);5-7,15H,1-4,8-12H2,(H,24,25)(H,21,23,26);1-4,9,16,20H,5-8H2,(H2,15,18). The Hall–Kier alpha value is -10.4. The predicted molar refractivity (Wildman–Crippen MR) is 351 cm³/mol. The number of nitrogens with one attached hydrogen (secondary N) is 3. The van der Waals surface area contributed by atoms with Crippen LogP contribution in [-0.2, 0) is 41.9 Å². The van der Waals surface area contributed by atoms with Crippen molar-refractivity contribution in [3.8, 4) is 45.5 Å². The topological polar surface area (TPSA) is 372 Å². The molecule has 0 aliphatic carbocycles. The molecule has 6 aliphatic heterocycles. The number of nitrogens with zero attached hydrogens (tertiary/aromatic N) is 9. The first kappa shape index (κ1) is 67.4. The Kier molecular flexibility index (Phi) is 22.7. The fourth-order valence-corrected chi connectivity index (χ4v) is 12.4. The second-order valence-electron chi connectivity index (χ2n) is 23.9. The lowest BCUT2D eigenvalue weighted by molar-refractivity contribution is -0.138. The van der Waals surface area contributed by atoms with Crippen LogP contribution < -0.4 is 46.7 Å².